The van der Waals surface area contributed by atoms with Gasteiger partial charge in [-0.05, 0) is 43.7 Å². The largest absolute Gasteiger partial charge is 0.475 e. The first kappa shape index (κ1) is 16.0. The first-order chi connectivity index (χ1) is 10.9. The third kappa shape index (κ3) is 3.25. The Kier molecular flexibility index (Phi) is 4.15. The first-order valence-corrected chi connectivity index (χ1v) is 8.96. The molecule has 1 aromatic rings. The van der Waals surface area contributed by atoms with Gasteiger partial charge in [-0.15, -0.1) is 0 Å². The summed E-state index contributed by atoms with van der Waals surface area (Å²) < 4.78 is 31.2. The molecule has 0 bridgehead atoms. The number of furan rings is 1. The molecule has 8 nitrogen and oxygen atoms in total. The van der Waals surface area contributed by atoms with Crippen LogP contribution < -0.4 is 5.32 Å². The van der Waals surface area contributed by atoms with Gasteiger partial charge in [0.05, 0.1) is 0 Å². The van der Waals surface area contributed by atoms with E-state index < -0.39 is 32.9 Å². The van der Waals surface area contributed by atoms with Crippen molar-refractivity contribution in [3.63, 3.8) is 0 Å². The van der Waals surface area contributed by atoms with E-state index in [1.165, 1.54) is 0 Å². The van der Waals surface area contributed by atoms with E-state index >= 15 is 0 Å². The third-order valence-corrected chi connectivity index (χ3v) is 5.91. The molecule has 2 fully saturated rings. The van der Waals surface area contributed by atoms with Gasteiger partial charge in [-0.3, -0.25) is 4.79 Å². The zero-order valence-electron chi connectivity index (χ0n) is 12.4. The van der Waals surface area contributed by atoms with Gasteiger partial charge in [0.2, 0.25) is 16.8 Å². The molecule has 1 aliphatic heterocycles. The average Bonchev–Trinajstić information content (AvgIpc) is 3.02. The maximum absolute atomic E-state index is 12.6. The smallest absolute Gasteiger partial charge is 0.371 e. The molecule has 1 saturated carbocycles. The van der Waals surface area contributed by atoms with E-state index in [1.807, 2.05) is 0 Å². The fraction of sp³-hybridized carbons (Fsp3) is 0.571. The molecule has 23 heavy (non-hydrogen) atoms. The molecule has 1 aromatic heterocycles. The molecule has 0 aromatic carbocycles. The van der Waals surface area contributed by atoms with Gasteiger partial charge >= 0.3 is 5.97 Å². The van der Waals surface area contributed by atoms with Crippen molar-refractivity contribution in [1.82, 2.24) is 9.62 Å². The number of carboxylic acid groups (broad SMARTS) is 1. The zero-order valence-corrected chi connectivity index (χ0v) is 13.2. The average molecular weight is 342 g/mol. The Morgan fingerprint density at radius 2 is 2.04 bits per heavy atom. The van der Waals surface area contributed by atoms with E-state index in [0.29, 0.717) is 25.3 Å². The van der Waals surface area contributed by atoms with Gasteiger partial charge in [0.1, 0.15) is 6.04 Å². The van der Waals surface area contributed by atoms with Crippen LogP contribution in [0.3, 0.4) is 0 Å². The molecule has 0 spiro atoms. The number of hydrogen-bond donors (Lipinski definition) is 2. The highest BCUT2D eigenvalue weighted by Crippen LogP contribution is 2.29. The van der Waals surface area contributed by atoms with Gasteiger partial charge in [-0.1, -0.05) is 0 Å². The molecule has 1 saturated heterocycles. The summed E-state index contributed by atoms with van der Waals surface area (Å²) in [5, 5.41) is 11.2. The van der Waals surface area contributed by atoms with Gasteiger partial charge in [0, 0.05) is 13.1 Å². The standard InChI is InChI=1S/C14H18N2O6S/c17-13(15-8-9-3-4-9)10-2-1-7-16(10)23(20,21)12-6-5-11(22-12)14(18)19/h5-6,9-10H,1-4,7-8H2,(H,15,17)(H,18,19). The molecule has 2 heterocycles. The zero-order chi connectivity index (χ0) is 16.6. The molecule has 2 N–H and O–H groups in total. The lowest BCUT2D eigenvalue weighted by atomic mass is 10.2. The summed E-state index contributed by atoms with van der Waals surface area (Å²) in [5.74, 6) is -1.58. The second kappa shape index (κ2) is 5.97. The van der Waals surface area contributed by atoms with Gasteiger partial charge < -0.3 is 14.8 Å². The summed E-state index contributed by atoms with van der Waals surface area (Å²) in [6.07, 6.45) is 3.21. The maximum Gasteiger partial charge on any atom is 0.371 e. The molecule has 1 amide bonds. The molecule has 3 rings (SSSR count). The molecule has 9 heteroatoms. The molecular formula is C14H18N2O6S. The summed E-state index contributed by atoms with van der Waals surface area (Å²) in [6.45, 7) is 0.792. The van der Waals surface area contributed by atoms with Crippen LogP contribution in [0.15, 0.2) is 21.6 Å². The predicted molar refractivity (Wildman–Crippen MR) is 78.3 cm³/mol. The molecule has 1 unspecified atom stereocenters. The van der Waals surface area contributed by atoms with Crippen LogP contribution in [-0.4, -0.2) is 48.8 Å². The van der Waals surface area contributed by atoms with E-state index in [-0.39, 0.29) is 12.5 Å². The van der Waals surface area contributed by atoms with Crippen molar-refractivity contribution in [2.45, 2.75) is 36.8 Å². The topological polar surface area (TPSA) is 117 Å². The molecular weight excluding hydrogens is 324 g/mol. The van der Waals surface area contributed by atoms with Crippen LogP contribution in [-0.2, 0) is 14.8 Å². The Bertz CT molecular complexity index is 721. The number of amides is 1. The number of carbonyl (C=O) groups is 2. The highest BCUT2D eigenvalue weighted by Gasteiger charge is 2.41. The summed E-state index contributed by atoms with van der Waals surface area (Å²) in [4.78, 5) is 23.1. The van der Waals surface area contributed by atoms with Crippen molar-refractivity contribution < 1.29 is 27.5 Å². The quantitative estimate of drug-likeness (QED) is 0.784. The number of hydrogen-bond acceptors (Lipinski definition) is 5. The summed E-state index contributed by atoms with van der Waals surface area (Å²) >= 11 is 0. The van der Waals surface area contributed by atoms with Crippen LogP contribution in [0.2, 0.25) is 0 Å². The fourth-order valence-corrected chi connectivity index (χ4v) is 4.24. The monoisotopic (exact) mass is 342 g/mol. The first-order valence-electron chi connectivity index (χ1n) is 7.52. The number of aromatic carboxylic acids is 1. The van der Waals surface area contributed by atoms with Crippen molar-refractivity contribution in [1.29, 1.82) is 0 Å². The van der Waals surface area contributed by atoms with Crippen LogP contribution in [0, 0.1) is 5.92 Å². The van der Waals surface area contributed by atoms with Gasteiger partial charge in [0.25, 0.3) is 10.0 Å². The van der Waals surface area contributed by atoms with E-state index in [2.05, 4.69) is 5.32 Å². The number of carbonyl (C=O) groups excluding carboxylic acids is 1. The van der Waals surface area contributed by atoms with Crippen molar-refractivity contribution in [2.24, 2.45) is 5.92 Å². The van der Waals surface area contributed by atoms with Crippen LogP contribution in [0.4, 0.5) is 0 Å². The van der Waals surface area contributed by atoms with Gasteiger partial charge in [-0.25, -0.2) is 13.2 Å². The van der Waals surface area contributed by atoms with Gasteiger partial charge in [0.15, 0.2) is 0 Å². The van der Waals surface area contributed by atoms with Crippen molar-refractivity contribution in [3.05, 3.63) is 17.9 Å². The minimum atomic E-state index is -4.03. The Labute approximate surface area is 133 Å². The van der Waals surface area contributed by atoms with Gasteiger partial charge in [-0.2, -0.15) is 4.31 Å². The van der Waals surface area contributed by atoms with Crippen LogP contribution in [0.1, 0.15) is 36.2 Å². The molecule has 1 atom stereocenters. The predicted octanol–water partition coefficient (Wildman–Crippen LogP) is 0.657. The van der Waals surface area contributed by atoms with E-state index in [0.717, 1.165) is 29.3 Å². The molecule has 0 radical (unpaired) electrons. The minimum Gasteiger partial charge on any atom is -0.475 e. The Morgan fingerprint density at radius 3 is 2.65 bits per heavy atom. The lowest BCUT2D eigenvalue weighted by molar-refractivity contribution is -0.124. The van der Waals surface area contributed by atoms with E-state index in [4.69, 9.17) is 9.52 Å². The van der Waals surface area contributed by atoms with Crippen molar-refractivity contribution in [2.75, 3.05) is 13.1 Å². The number of nitrogens with zero attached hydrogens (tertiary/aromatic N) is 1. The third-order valence-electron chi connectivity index (χ3n) is 4.12. The molecule has 1 aliphatic carbocycles. The second-order valence-corrected chi connectivity index (χ2v) is 7.71. The van der Waals surface area contributed by atoms with E-state index in [1.54, 1.807) is 0 Å². The lowest BCUT2D eigenvalue weighted by Gasteiger charge is -2.22. The highest BCUT2D eigenvalue weighted by molar-refractivity contribution is 7.89. The summed E-state index contributed by atoms with van der Waals surface area (Å²) in [5.41, 5.74) is 0. The number of rotatable bonds is 6. The van der Waals surface area contributed by atoms with Crippen molar-refractivity contribution >= 4 is 21.9 Å². The number of carboxylic acids is 1. The minimum absolute atomic E-state index is 0.215. The Hall–Kier alpha value is -1.87. The normalized spacial score (nSPS) is 22.2. The molecule has 126 valence electrons. The second-order valence-electron chi connectivity index (χ2n) is 5.89. The summed E-state index contributed by atoms with van der Waals surface area (Å²) in [7, 11) is -4.03. The van der Waals surface area contributed by atoms with Crippen molar-refractivity contribution in [3.8, 4) is 0 Å². The Morgan fingerprint density at radius 1 is 1.30 bits per heavy atom. The lowest BCUT2D eigenvalue weighted by Crippen LogP contribution is -2.46. The van der Waals surface area contributed by atoms with Crippen LogP contribution in [0.5, 0.6) is 0 Å². The fourth-order valence-electron chi connectivity index (χ4n) is 2.66. The Balaban J connectivity index is 1.76. The van der Waals surface area contributed by atoms with E-state index in [9.17, 15) is 18.0 Å². The summed E-state index contributed by atoms with van der Waals surface area (Å²) in [6, 6.07) is 1.43. The molecule has 2 aliphatic rings. The number of sulfonamides is 1. The van der Waals surface area contributed by atoms with Crippen LogP contribution >= 0.6 is 0 Å². The maximum atomic E-state index is 12.6. The number of nitrogens with one attached hydrogen (secondary N) is 1. The highest BCUT2D eigenvalue weighted by atomic mass is 32.2. The van der Waals surface area contributed by atoms with Crippen LogP contribution in [0.25, 0.3) is 0 Å². The SMILES string of the molecule is O=C(O)c1ccc(S(=O)(=O)N2CCCC2C(=O)NCC2CC2)o1.